The first-order chi connectivity index (χ1) is 9.86. The standard InChI is InChI=1S/C16H22N4/c1-2-11-7-17-15-14(11)16(19-10-18-15)20-8-12-5-3-4-6-13(12)9-20/h7,10,12-13H,2-6,8-9H2,1H3,(H,17,18,19)/t12-,13+. The largest absolute Gasteiger partial charge is 0.355 e. The highest BCUT2D eigenvalue weighted by Gasteiger charge is 2.35. The first-order valence-corrected chi connectivity index (χ1v) is 7.92. The first-order valence-electron chi connectivity index (χ1n) is 7.92. The number of aromatic amines is 1. The van der Waals surface area contributed by atoms with Crippen molar-refractivity contribution >= 4 is 16.9 Å². The number of rotatable bonds is 2. The topological polar surface area (TPSA) is 44.8 Å². The zero-order valence-corrected chi connectivity index (χ0v) is 12.1. The molecule has 106 valence electrons. The minimum atomic E-state index is 0.887. The normalized spacial score (nSPS) is 26.1. The van der Waals surface area contributed by atoms with Crippen LogP contribution >= 0.6 is 0 Å². The van der Waals surface area contributed by atoms with Crippen LogP contribution in [0.25, 0.3) is 11.0 Å². The molecule has 0 amide bonds. The lowest BCUT2D eigenvalue weighted by Crippen LogP contribution is -2.21. The van der Waals surface area contributed by atoms with E-state index in [1.54, 1.807) is 6.33 Å². The van der Waals surface area contributed by atoms with Crippen LogP contribution in [0.15, 0.2) is 12.5 Å². The van der Waals surface area contributed by atoms with Gasteiger partial charge >= 0.3 is 0 Å². The fourth-order valence-corrected chi connectivity index (χ4v) is 4.11. The molecule has 1 saturated heterocycles. The molecular formula is C16H22N4. The molecule has 3 heterocycles. The molecule has 2 aromatic rings. The van der Waals surface area contributed by atoms with Gasteiger partial charge in [0.2, 0.25) is 0 Å². The summed E-state index contributed by atoms with van der Waals surface area (Å²) in [5, 5.41) is 1.24. The molecular weight excluding hydrogens is 248 g/mol. The molecule has 4 nitrogen and oxygen atoms in total. The van der Waals surface area contributed by atoms with Crippen LogP contribution in [0, 0.1) is 11.8 Å². The molecule has 0 spiro atoms. The fourth-order valence-electron chi connectivity index (χ4n) is 4.11. The van der Waals surface area contributed by atoms with Crippen molar-refractivity contribution in [2.75, 3.05) is 18.0 Å². The van der Waals surface area contributed by atoms with E-state index in [9.17, 15) is 0 Å². The van der Waals surface area contributed by atoms with Gasteiger partial charge in [0.05, 0.1) is 5.39 Å². The number of fused-ring (bicyclic) bond motifs is 2. The smallest absolute Gasteiger partial charge is 0.143 e. The Labute approximate surface area is 119 Å². The second-order valence-corrected chi connectivity index (χ2v) is 6.30. The molecule has 4 rings (SSSR count). The van der Waals surface area contributed by atoms with Crippen LogP contribution in [0.4, 0.5) is 5.82 Å². The second kappa shape index (κ2) is 4.76. The SMILES string of the molecule is CCc1c[nH]c2ncnc(N3C[C@H]4CCCC[C@H]4C3)c12. The second-order valence-electron chi connectivity index (χ2n) is 6.30. The van der Waals surface area contributed by atoms with E-state index in [2.05, 4.69) is 33.0 Å². The monoisotopic (exact) mass is 270 g/mol. The van der Waals surface area contributed by atoms with E-state index in [4.69, 9.17) is 0 Å². The molecule has 1 saturated carbocycles. The van der Waals surface area contributed by atoms with Crippen LogP contribution in [0.2, 0.25) is 0 Å². The molecule has 1 N–H and O–H groups in total. The highest BCUT2D eigenvalue weighted by atomic mass is 15.2. The van der Waals surface area contributed by atoms with E-state index in [1.165, 1.54) is 49.7 Å². The number of hydrogen-bond donors (Lipinski definition) is 1. The summed E-state index contributed by atoms with van der Waals surface area (Å²) >= 11 is 0. The summed E-state index contributed by atoms with van der Waals surface area (Å²) in [4.78, 5) is 14.8. The van der Waals surface area contributed by atoms with Gasteiger partial charge in [0.1, 0.15) is 17.8 Å². The summed E-state index contributed by atoms with van der Waals surface area (Å²) in [5.41, 5.74) is 2.33. The maximum Gasteiger partial charge on any atom is 0.143 e. The van der Waals surface area contributed by atoms with Gasteiger partial charge in [-0.2, -0.15) is 0 Å². The Bertz CT molecular complexity index is 604. The molecule has 0 bridgehead atoms. The number of hydrogen-bond acceptors (Lipinski definition) is 3. The Hall–Kier alpha value is -1.58. The fraction of sp³-hybridized carbons (Fsp3) is 0.625. The maximum absolute atomic E-state index is 4.62. The van der Waals surface area contributed by atoms with E-state index < -0.39 is 0 Å². The van der Waals surface area contributed by atoms with Gasteiger partial charge in [-0.3, -0.25) is 0 Å². The van der Waals surface area contributed by atoms with Crippen molar-refractivity contribution in [3.63, 3.8) is 0 Å². The van der Waals surface area contributed by atoms with Gasteiger partial charge in [0.25, 0.3) is 0 Å². The average Bonchev–Trinajstić information content (AvgIpc) is 3.10. The lowest BCUT2D eigenvalue weighted by atomic mass is 9.82. The number of H-pyrrole nitrogens is 1. The lowest BCUT2D eigenvalue weighted by Gasteiger charge is -2.22. The van der Waals surface area contributed by atoms with Crippen molar-refractivity contribution in [3.8, 4) is 0 Å². The zero-order chi connectivity index (χ0) is 13.5. The highest BCUT2D eigenvalue weighted by Crippen LogP contribution is 2.39. The Kier molecular flexibility index (Phi) is 2.90. The van der Waals surface area contributed by atoms with E-state index in [1.807, 2.05) is 0 Å². The van der Waals surface area contributed by atoms with E-state index >= 15 is 0 Å². The summed E-state index contributed by atoms with van der Waals surface area (Å²) in [6.07, 6.45) is 10.5. The Balaban J connectivity index is 1.73. The third-order valence-corrected chi connectivity index (χ3v) is 5.19. The molecule has 0 unspecified atom stereocenters. The maximum atomic E-state index is 4.62. The Morgan fingerprint density at radius 3 is 2.65 bits per heavy atom. The quantitative estimate of drug-likeness (QED) is 0.911. The van der Waals surface area contributed by atoms with Gasteiger partial charge in [-0.05, 0) is 36.7 Å². The summed E-state index contributed by atoms with van der Waals surface area (Å²) in [6, 6.07) is 0. The number of aromatic nitrogens is 3. The molecule has 1 aliphatic carbocycles. The van der Waals surface area contributed by atoms with Crippen molar-refractivity contribution in [3.05, 3.63) is 18.1 Å². The summed E-state index contributed by atoms with van der Waals surface area (Å²) < 4.78 is 0. The van der Waals surface area contributed by atoms with Crippen LogP contribution in [-0.4, -0.2) is 28.0 Å². The van der Waals surface area contributed by atoms with Gasteiger partial charge in [0, 0.05) is 19.3 Å². The molecule has 0 aromatic carbocycles. The molecule has 2 atom stereocenters. The lowest BCUT2D eigenvalue weighted by molar-refractivity contribution is 0.299. The third-order valence-electron chi connectivity index (χ3n) is 5.19. The minimum absolute atomic E-state index is 0.887. The van der Waals surface area contributed by atoms with E-state index in [0.717, 1.165) is 29.7 Å². The highest BCUT2D eigenvalue weighted by molar-refractivity contribution is 5.90. The summed E-state index contributed by atoms with van der Waals surface area (Å²) in [6.45, 7) is 4.57. The van der Waals surface area contributed by atoms with Crippen molar-refractivity contribution in [2.24, 2.45) is 11.8 Å². The minimum Gasteiger partial charge on any atom is -0.355 e. The van der Waals surface area contributed by atoms with Crippen LogP contribution in [0.5, 0.6) is 0 Å². The van der Waals surface area contributed by atoms with Crippen LogP contribution in [0.1, 0.15) is 38.2 Å². The summed E-state index contributed by atoms with van der Waals surface area (Å²) in [5.74, 6) is 2.93. The van der Waals surface area contributed by atoms with Gasteiger partial charge < -0.3 is 9.88 Å². The molecule has 2 aliphatic rings. The molecule has 0 radical (unpaired) electrons. The van der Waals surface area contributed by atoms with Gasteiger partial charge in [-0.25, -0.2) is 9.97 Å². The Morgan fingerprint density at radius 2 is 1.95 bits per heavy atom. The van der Waals surface area contributed by atoms with E-state index in [-0.39, 0.29) is 0 Å². The Morgan fingerprint density at radius 1 is 1.20 bits per heavy atom. The van der Waals surface area contributed by atoms with Gasteiger partial charge in [-0.15, -0.1) is 0 Å². The first kappa shape index (κ1) is 12.2. The summed E-state index contributed by atoms with van der Waals surface area (Å²) in [7, 11) is 0. The molecule has 4 heteroatoms. The molecule has 1 aliphatic heterocycles. The predicted molar refractivity (Wildman–Crippen MR) is 80.9 cm³/mol. The van der Waals surface area contributed by atoms with Crippen molar-refractivity contribution in [2.45, 2.75) is 39.0 Å². The van der Waals surface area contributed by atoms with Gasteiger partial charge in [0.15, 0.2) is 0 Å². The number of aryl methyl sites for hydroxylation is 1. The zero-order valence-electron chi connectivity index (χ0n) is 12.1. The average molecular weight is 270 g/mol. The molecule has 2 aromatic heterocycles. The van der Waals surface area contributed by atoms with E-state index in [0.29, 0.717) is 0 Å². The number of nitrogens with zero attached hydrogens (tertiary/aromatic N) is 3. The van der Waals surface area contributed by atoms with Crippen molar-refractivity contribution in [1.82, 2.24) is 15.0 Å². The third kappa shape index (κ3) is 1.81. The molecule has 20 heavy (non-hydrogen) atoms. The predicted octanol–water partition coefficient (Wildman–Crippen LogP) is 3.15. The van der Waals surface area contributed by atoms with Crippen LogP contribution in [-0.2, 0) is 6.42 Å². The number of anilines is 1. The van der Waals surface area contributed by atoms with Crippen LogP contribution < -0.4 is 4.90 Å². The van der Waals surface area contributed by atoms with Crippen LogP contribution in [0.3, 0.4) is 0 Å². The molecule has 2 fully saturated rings. The van der Waals surface area contributed by atoms with Crippen molar-refractivity contribution in [1.29, 1.82) is 0 Å². The van der Waals surface area contributed by atoms with Gasteiger partial charge in [-0.1, -0.05) is 19.8 Å². The number of nitrogens with one attached hydrogen (secondary N) is 1. The van der Waals surface area contributed by atoms with Crippen molar-refractivity contribution < 1.29 is 0 Å².